The first kappa shape index (κ1) is 16.4. The molecule has 1 aliphatic carbocycles. The molecule has 120 valence electrons. The number of benzene rings is 2. The zero-order valence-electron chi connectivity index (χ0n) is 11.7. The van der Waals surface area contributed by atoms with Crippen LogP contribution >= 0.6 is 34.8 Å². The predicted molar refractivity (Wildman–Crippen MR) is 90.5 cm³/mol. The van der Waals surface area contributed by atoms with Gasteiger partial charge in [0.1, 0.15) is 5.82 Å². The van der Waals surface area contributed by atoms with Gasteiger partial charge in [0.25, 0.3) is 0 Å². The van der Waals surface area contributed by atoms with Crippen molar-refractivity contribution in [1.82, 2.24) is 5.43 Å². The fraction of sp³-hybridized carbons (Fsp3) is 0.188. The van der Waals surface area contributed by atoms with Crippen molar-refractivity contribution < 1.29 is 9.18 Å². The number of hydrogen-bond acceptors (Lipinski definition) is 2. The van der Waals surface area contributed by atoms with Crippen LogP contribution in [0.4, 0.5) is 10.1 Å². The van der Waals surface area contributed by atoms with Crippen molar-refractivity contribution in [1.29, 1.82) is 0 Å². The lowest BCUT2D eigenvalue weighted by molar-refractivity contribution is -0.121. The first-order chi connectivity index (χ1) is 11.0. The lowest BCUT2D eigenvalue weighted by Gasteiger charge is -2.12. The molecule has 2 N–H and O–H groups in total. The van der Waals surface area contributed by atoms with E-state index in [1.54, 1.807) is 12.1 Å². The molecule has 1 amide bonds. The van der Waals surface area contributed by atoms with E-state index in [1.165, 1.54) is 24.3 Å². The highest BCUT2D eigenvalue weighted by molar-refractivity contribution is 6.41. The van der Waals surface area contributed by atoms with E-state index in [2.05, 4.69) is 10.9 Å². The molecular formula is C16H12Cl3FN2O. The van der Waals surface area contributed by atoms with Gasteiger partial charge in [0.15, 0.2) is 0 Å². The molecule has 0 spiro atoms. The summed E-state index contributed by atoms with van der Waals surface area (Å²) in [6.45, 7) is 0. The van der Waals surface area contributed by atoms with Gasteiger partial charge >= 0.3 is 0 Å². The van der Waals surface area contributed by atoms with E-state index in [-0.39, 0.29) is 23.6 Å². The zero-order valence-corrected chi connectivity index (χ0v) is 14.0. The summed E-state index contributed by atoms with van der Waals surface area (Å²) in [5.74, 6) is -0.503. The van der Waals surface area contributed by atoms with Crippen molar-refractivity contribution in [2.24, 2.45) is 5.92 Å². The van der Waals surface area contributed by atoms with Gasteiger partial charge in [0.05, 0.1) is 15.7 Å². The molecule has 2 unspecified atom stereocenters. The quantitative estimate of drug-likeness (QED) is 0.738. The predicted octanol–water partition coefficient (Wildman–Crippen LogP) is 5.03. The SMILES string of the molecule is O=C(NNc1c(Cl)cc(Cl)cc1Cl)C1CC1c1ccc(F)cc1. The highest BCUT2D eigenvalue weighted by atomic mass is 35.5. The average Bonchev–Trinajstić information content (AvgIpc) is 3.27. The topological polar surface area (TPSA) is 41.1 Å². The molecule has 2 aromatic carbocycles. The molecule has 0 radical (unpaired) electrons. The van der Waals surface area contributed by atoms with Gasteiger partial charge in [0.2, 0.25) is 5.91 Å². The number of anilines is 1. The van der Waals surface area contributed by atoms with Crippen LogP contribution in [0.5, 0.6) is 0 Å². The monoisotopic (exact) mass is 372 g/mol. The van der Waals surface area contributed by atoms with Crippen LogP contribution in [0, 0.1) is 11.7 Å². The number of amides is 1. The van der Waals surface area contributed by atoms with Crippen LogP contribution in [0.3, 0.4) is 0 Å². The van der Waals surface area contributed by atoms with E-state index in [0.29, 0.717) is 20.8 Å². The smallest absolute Gasteiger partial charge is 0.242 e. The highest BCUT2D eigenvalue weighted by Gasteiger charge is 2.44. The maximum Gasteiger partial charge on any atom is 0.242 e. The van der Waals surface area contributed by atoms with Gasteiger partial charge in [-0.25, -0.2) is 4.39 Å². The second-order valence-electron chi connectivity index (χ2n) is 5.36. The molecule has 1 fully saturated rings. The summed E-state index contributed by atoms with van der Waals surface area (Å²) < 4.78 is 12.9. The molecular weight excluding hydrogens is 362 g/mol. The third-order valence-corrected chi connectivity index (χ3v) is 4.56. The Kier molecular flexibility index (Phi) is 4.67. The van der Waals surface area contributed by atoms with Gasteiger partial charge < -0.3 is 0 Å². The second kappa shape index (κ2) is 6.56. The molecule has 3 nitrogen and oxygen atoms in total. The van der Waals surface area contributed by atoms with Crippen molar-refractivity contribution in [2.45, 2.75) is 12.3 Å². The maximum atomic E-state index is 12.9. The van der Waals surface area contributed by atoms with Gasteiger partial charge in [-0.1, -0.05) is 46.9 Å². The lowest BCUT2D eigenvalue weighted by Crippen LogP contribution is -2.31. The normalized spacial score (nSPS) is 19.3. The molecule has 0 bridgehead atoms. The molecule has 2 aromatic rings. The van der Waals surface area contributed by atoms with Gasteiger partial charge in [-0.15, -0.1) is 0 Å². The molecule has 0 heterocycles. The Morgan fingerprint density at radius 3 is 2.30 bits per heavy atom. The number of nitrogens with one attached hydrogen (secondary N) is 2. The van der Waals surface area contributed by atoms with Crippen molar-refractivity contribution >= 4 is 46.4 Å². The number of carbonyl (C=O) groups is 1. The molecule has 7 heteroatoms. The number of carbonyl (C=O) groups excluding carboxylic acids is 1. The van der Waals surface area contributed by atoms with Crippen molar-refractivity contribution in [3.63, 3.8) is 0 Å². The average molecular weight is 374 g/mol. The first-order valence-electron chi connectivity index (χ1n) is 6.91. The van der Waals surface area contributed by atoms with E-state index >= 15 is 0 Å². The highest BCUT2D eigenvalue weighted by Crippen LogP contribution is 2.47. The summed E-state index contributed by atoms with van der Waals surface area (Å²) in [6, 6.07) is 9.26. The van der Waals surface area contributed by atoms with Crippen LogP contribution < -0.4 is 10.9 Å². The number of hydrazine groups is 1. The minimum Gasteiger partial charge on any atom is -0.296 e. The Morgan fingerprint density at radius 1 is 1.09 bits per heavy atom. The van der Waals surface area contributed by atoms with Gasteiger partial charge in [-0.3, -0.25) is 15.6 Å². The van der Waals surface area contributed by atoms with E-state index < -0.39 is 0 Å². The van der Waals surface area contributed by atoms with Crippen LogP contribution in [0.1, 0.15) is 17.9 Å². The Labute approximate surface area is 147 Å². The van der Waals surface area contributed by atoms with Crippen LogP contribution in [-0.4, -0.2) is 5.91 Å². The molecule has 3 rings (SSSR count). The summed E-state index contributed by atoms with van der Waals surface area (Å²) in [5.41, 5.74) is 6.67. The van der Waals surface area contributed by atoms with Gasteiger partial charge in [0, 0.05) is 10.9 Å². The molecule has 1 aliphatic rings. The van der Waals surface area contributed by atoms with Gasteiger partial charge in [-0.2, -0.15) is 0 Å². The van der Waals surface area contributed by atoms with Crippen LogP contribution in [0.25, 0.3) is 0 Å². The largest absolute Gasteiger partial charge is 0.296 e. The Morgan fingerprint density at radius 2 is 1.70 bits per heavy atom. The Bertz CT molecular complexity index is 728. The van der Waals surface area contributed by atoms with E-state index in [0.717, 1.165) is 12.0 Å². The maximum absolute atomic E-state index is 12.9. The number of halogens is 4. The summed E-state index contributed by atoms with van der Waals surface area (Å²) in [4.78, 5) is 12.2. The molecule has 0 aromatic heterocycles. The second-order valence-corrected chi connectivity index (χ2v) is 6.61. The van der Waals surface area contributed by atoms with Crippen LogP contribution in [-0.2, 0) is 4.79 Å². The van der Waals surface area contributed by atoms with Gasteiger partial charge in [-0.05, 0) is 42.2 Å². The zero-order chi connectivity index (χ0) is 16.6. The summed E-state index contributed by atoms with van der Waals surface area (Å²) >= 11 is 17.9. The fourth-order valence-electron chi connectivity index (χ4n) is 2.44. The molecule has 0 aliphatic heterocycles. The molecule has 1 saturated carbocycles. The molecule has 23 heavy (non-hydrogen) atoms. The fourth-order valence-corrected chi connectivity index (χ4v) is 3.35. The minimum absolute atomic E-state index is 0.105. The third-order valence-electron chi connectivity index (χ3n) is 3.74. The first-order valence-corrected chi connectivity index (χ1v) is 8.05. The Balaban J connectivity index is 1.60. The van der Waals surface area contributed by atoms with Crippen molar-refractivity contribution in [3.05, 3.63) is 62.8 Å². The third kappa shape index (κ3) is 3.71. The Hall–Kier alpha value is -1.49. The summed E-state index contributed by atoms with van der Waals surface area (Å²) in [7, 11) is 0. The van der Waals surface area contributed by atoms with Crippen LogP contribution in [0.15, 0.2) is 36.4 Å². The molecule has 0 saturated heterocycles. The minimum atomic E-state index is -0.288. The number of rotatable bonds is 4. The number of hydrogen-bond donors (Lipinski definition) is 2. The summed E-state index contributed by atoms with van der Waals surface area (Å²) in [6.07, 6.45) is 0.723. The van der Waals surface area contributed by atoms with E-state index in [1.807, 2.05) is 0 Å². The van der Waals surface area contributed by atoms with Crippen molar-refractivity contribution in [3.8, 4) is 0 Å². The standard InChI is InChI=1S/C16H12Cl3FN2O/c17-9-5-13(18)15(14(19)6-9)21-22-16(23)12-7-11(12)8-1-3-10(20)4-2-8/h1-6,11-12,21H,7H2,(H,22,23). The van der Waals surface area contributed by atoms with Crippen LogP contribution in [0.2, 0.25) is 15.1 Å². The molecule has 2 atom stereocenters. The summed E-state index contributed by atoms with van der Waals surface area (Å²) in [5, 5.41) is 1.04. The van der Waals surface area contributed by atoms with E-state index in [4.69, 9.17) is 34.8 Å². The van der Waals surface area contributed by atoms with Crippen molar-refractivity contribution in [2.75, 3.05) is 5.43 Å². The lowest BCUT2D eigenvalue weighted by atomic mass is 10.1. The van der Waals surface area contributed by atoms with E-state index in [9.17, 15) is 9.18 Å².